The van der Waals surface area contributed by atoms with Crippen LogP contribution in [-0.4, -0.2) is 50.1 Å². The molecule has 0 unspecified atom stereocenters. The zero-order valence-corrected chi connectivity index (χ0v) is 10.1. The fraction of sp³-hybridized carbons (Fsp3) is 1.00. The van der Waals surface area contributed by atoms with Gasteiger partial charge in [-0.1, -0.05) is 6.92 Å². The molecule has 13 heavy (non-hydrogen) atoms. The molecule has 0 heterocycles. The highest BCUT2D eigenvalue weighted by atomic mass is 32.2. The molecule has 0 fully saturated rings. The summed E-state index contributed by atoms with van der Waals surface area (Å²) in [6.45, 7) is 6.97. The molecule has 0 aromatic heterocycles. The maximum absolute atomic E-state index is 3.41. The fourth-order valence-electron chi connectivity index (χ4n) is 1.13. The molecule has 1 N–H and O–H groups in total. The summed E-state index contributed by atoms with van der Waals surface area (Å²) in [5, 5.41) is 3.41. The second-order valence-corrected chi connectivity index (χ2v) is 4.39. The molecule has 2 nitrogen and oxygen atoms in total. The number of nitrogens with one attached hydrogen (secondary N) is 1. The van der Waals surface area contributed by atoms with Crippen LogP contribution < -0.4 is 5.32 Å². The van der Waals surface area contributed by atoms with Crippen LogP contribution in [0.3, 0.4) is 0 Å². The first-order valence-corrected chi connectivity index (χ1v) is 6.58. The molecule has 0 spiro atoms. The van der Waals surface area contributed by atoms with Crippen LogP contribution in [0.2, 0.25) is 0 Å². The molecular formula is C10H24N2S. The van der Waals surface area contributed by atoms with Crippen molar-refractivity contribution in [3.05, 3.63) is 0 Å². The summed E-state index contributed by atoms with van der Waals surface area (Å²) in [6.07, 6.45) is 4.67. The summed E-state index contributed by atoms with van der Waals surface area (Å²) >= 11 is 1.92. The predicted octanol–water partition coefficient (Wildman–Crippen LogP) is 1.67. The number of nitrogens with zero attached hydrogens (tertiary/aromatic N) is 1. The average molecular weight is 204 g/mol. The highest BCUT2D eigenvalue weighted by Gasteiger charge is 1.96. The zero-order chi connectivity index (χ0) is 9.94. The highest BCUT2D eigenvalue weighted by molar-refractivity contribution is 7.98. The summed E-state index contributed by atoms with van der Waals surface area (Å²) in [5.41, 5.74) is 0. The van der Waals surface area contributed by atoms with Gasteiger partial charge in [0, 0.05) is 12.3 Å². The van der Waals surface area contributed by atoms with Gasteiger partial charge in [-0.05, 0) is 45.8 Å². The largest absolute Gasteiger partial charge is 0.317 e. The molecule has 0 aromatic carbocycles. The number of hydrogen-bond donors (Lipinski definition) is 1. The standard InChI is InChI=1S/C10H24N2S/c1-4-6-11-7-5-8-12(2)9-10-13-3/h11H,4-10H2,1-3H3. The third kappa shape index (κ3) is 10.2. The fourth-order valence-corrected chi connectivity index (χ4v) is 1.63. The first-order valence-electron chi connectivity index (χ1n) is 5.19. The molecule has 3 heteroatoms. The van der Waals surface area contributed by atoms with Gasteiger partial charge in [-0.3, -0.25) is 0 Å². The molecule has 0 radical (unpaired) electrons. The molecule has 0 atom stereocenters. The molecule has 0 rings (SSSR count). The number of rotatable bonds is 9. The molecule has 0 aliphatic carbocycles. The van der Waals surface area contributed by atoms with Gasteiger partial charge in [-0.15, -0.1) is 0 Å². The smallest absolute Gasteiger partial charge is 0.00692 e. The SMILES string of the molecule is CCCNCCCN(C)CCSC. The topological polar surface area (TPSA) is 15.3 Å². The van der Waals surface area contributed by atoms with Crippen LogP contribution >= 0.6 is 11.8 Å². The Hall–Kier alpha value is 0.270. The van der Waals surface area contributed by atoms with E-state index >= 15 is 0 Å². The summed E-state index contributed by atoms with van der Waals surface area (Å²) in [7, 11) is 2.20. The maximum atomic E-state index is 3.41. The van der Waals surface area contributed by atoms with E-state index in [9.17, 15) is 0 Å². The highest BCUT2D eigenvalue weighted by Crippen LogP contribution is 1.93. The third-order valence-electron chi connectivity index (χ3n) is 2.00. The molecule has 0 aliphatic rings. The van der Waals surface area contributed by atoms with Gasteiger partial charge in [0.2, 0.25) is 0 Å². The summed E-state index contributed by atoms with van der Waals surface area (Å²) < 4.78 is 0. The van der Waals surface area contributed by atoms with E-state index in [2.05, 4.69) is 30.4 Å². The van der Waals surface area contributed by atoms with Gasteiger partial charge in [0.1, 0.15) is 0 Å². The molecule has 80 valence electrons. The molecule has 0 aliphatic heterocycles. The Morgan fingerprint density at radius 2 is 2.00 bits per heavy atom. The normalized spacial score (nSPS) is 11.1. The second kappa shape index (κ2) is 10.4. The van der Waals surface area contributed by atoms with Crippen molar-refractivity contribution in [2.75, 3.05) is 45.2 Å². The average Bonchev–Trinajstić information content (AvgIpc) is 2.14. The van der Waals surface area contributed by atoms with Crippen LogP contribution in [0.5, 0.6) is 0 Å². The Morgan fingerprint density at radius 1 is 1.23 bits per heavy atom. The van der Waals surface area contributed by atoms with Crippen molar-refractivity contribution in [2.45, 2.75) is 19.8 Å². The molecule has 0 amide bonds. The van der Waals surface area contributed by atoms with Crippen molar-refractivity contribution in [3.8, 4) is 0 Å². The minimum atomic E-state index is 1.16. The molecule has 0 aromatic rings. The van der Waals surface area contributed by atoms with E-state index in [1.54, 1.807) is 0 Å². The van der Waals surface area contributed by atoms with Gasteiger partial charge in [-0.2, -0.15) is 11.8 Å². The van der Waals surface area contributed by atoms with Crippen LogP contribution in [0.4, 0.5) is 0 Å². The van der Waals surface area contributed by atoms with Crippen molar-refractivity contribution in [2.24, 2.45) is 0 Å². The molecule has 0 saturated heterocycles. The van der Waals surface area contributed by atoms with Gasteiger partial charge in [-0.25, -0.2) is 0 Å². The lowest BCUT2D eigenvalue weighted by Gasteiger charge is -2.15. The first kappa shape index (κ1) is 13.3. The zero-order valence-electron chi connectivity index (χ0n) is 9.31. The van der Waals surface area contributed by atoms with Gasteiger partial charge in [0.25, 0.3) is 0 Å². The first-order chi connectivity index (χ1) is 6.31. The van der Waals surface area contributed by atoms with Crippen molar-refractivity contribution < 1.29 is 0 Å². The lowest BCUT2D eigenvalue weighted by atomic mass is 10.3. The van der Waals surface area contributed by atoms with Crippen molar-refractivity contribution >= 4 is 11.8 Å². The Morgan fingerprint density at radius 3 is 2.62 bits per heavy atom. The minimum Gasteiger partial charge on any atom is -0.317 e. The van der Waals surface area contributed by atoms with Crippen LogP contribution in [0.15, 0.2) is 0 Å². The third-order valence-corrected chi connectivity index (χ3v) is 2.59. The van der Waals surface area contributed by atoms with Crippen molar-refractivity contribution in [3.63, 3.8) is 0 Å². The van der Waals surface area contributed by atoms with E-state index in [4.69, 9.17) is 0 Å². The Kier molecular flexibility index (Phi) is 10.6. The maximum Gasteiger partial charge on any atom is 0.00692 e. The van der Waals surface area contributed by atoms with E-state index in [1.165, 1.54) is 31.7 Å². The monoisotopic (exact) mass is 204 g/mol. The van der Waals surface area contributed by atoms with E-state index in [0.717, 1.165) is 13.1 Å². The molecule has 0 bridgehead atoms. The van der Waals surface area contributed by atoms with Crippen LogP contribution in [0.1, 0.15) is 19.8 Å². The molecule has 0 saturated carbocycles. The quantitative estimate of drug-likeness (QED) is 0.575. The number of thioether (sulfide) groups is 1. The Balaban J connectivity index is 3.03. The van der Waals surface area contributed by atoms with Crippen LogP contribution in [-0.2, 0) is 0 Å². The van der Waals surface area contributed by atoms with E-state index in [1.807, 2.05) is 11.8 Å². The molecular weight excluding hydrogens is 180 g/mol. The van der Waals surface area contributed by atoms with Crippen LogP contribution in [0, 0.1) is 0 Å². The van der Waals surface area contributed by atoms with Gasteiger partial charge >= 0.3 is 0 Å². The van der Waals surface area contributed by atoms with Crippen LogP contribution in [0.25, 0.3) is 0 Å². The van der Waals surface area contributed by atoms with E-state index < -0.39 is 0 Å². The second-order valence-electron chi connectivity index (χ2n) is 3.40. The van der Waals surface area contributed by atoms with Gasteiger partial charge in [0.05, 0.1) is 0 Å². The van der Waals surface area contributed by atoms with Gasteiger partial charge < -0.3 is 10.2 Å². The minimum absolute atomic E-state index is 1.16. The summed E-state index contributed by atoms with van der Waals surface area (Å²) in [6, 6.07) is 0. The lowest BCUT2D eigenvalue weighted by Crippen LogP contribution is -2.26. The van der Waals surface area contributed by atoms with Crippen molar-refractivity contribution in [1.29, 1.82) is 0 Å². The number of hydrogen-bond acceptors (Lipinski definition) is 3. The Bertz CT molecular complexity index is 98.9. The summed E-state index contributed by atoms with van der Waals surface area (Å²) in [5.74, 6) is 1.25. The predicted molar refractivity (Wildman–Crippen MR) is 63.7 cm³/mol. The van der Waals surface area contributed by atoms with E-state index in [-0.39, 0.29) is 0 Å². The Labute approximate surface area is 87.5 Å². The van der Waals surface area contributed by atoms with Crippen molar-refractivity contribution in [1.82, 2.24) is 10.2 Å². The van der Waals surface area contributed by atoms with Gasteiger partial charge in [0.15, 0.2) is 0 Å². The lowest BCUT2D eigenvalue weighted by molar-refractivity contribution is 0.347. The van der Waals surface area contributed by atoms with E-state index in [0.29, 0.717) is 0 Å². The summed E-state index contributed by atoms with van der Waals surface area (Å²) in [4.78, 5) is 2.41.